The van der Waals surface area contributed by atoms with Gasteiger partial charge in [0.05, 0.1) is 18.9 Å². The van der Waals surface area contributed by atoms with Crippen LogP contribution in [0.3, 0.4) is 0 Å². The van der Waals surface area contributed by atoms with Crippen molar-refractivity contribution in [2.24, 2.45) is 11.8 Å². The number of likely N-dealkylation sites (tertiary alicyclic amines) is 1. The number of anilines is 1. The molecule has 2 atom stereocenters. The fraction of sp³-hybridized carbons (Fsp3) is 0.583. The van der Waals surface area contributed by atoms with Gasteiger partial charge in [-0.25, -0.2) is 0 Å². The van der Waals surface area contributed by atoms with Crippen LogP contribution in [0.15, 0.2) is 29.3 Å². The summed E-state index contributed by atoms with van der Waals surface area (Å²) in [6.07, 6.45) is 2.78. The molecule has 0 aromatic heterocycles. The topological polar surface area (TPSA) is 61.9 Å². The number of carbonyl (C=O) groups is 2. The molecule has 3 rings (SSSR count). The number of piperidine rings is 1. The molecule has 2 heterocycles. The second kappa shape index (κ2) is 11.1. The molecule has 2 unspecified atom stereocenters. The molecule has 2 aliphatic rings. The molecule has 1 aromatic rings. The second-order valence-corrected chi connectivity index (χ2v) is 9.61. The summed E-state index contributed by atoms with van der Waals surface area (Å²) in [5, 5.41) is 3.01. The SMILES string of the molecule is C=C(c1cc(Br)ccc1NC(=O)CCC(=O)N1CCOCC1)N1CC(C)CC(CC)C1. The van der Waals surface area contributed by atoms with Gasteiger partial charge in [0.2, 0.25) is 11.8 Å². The van der Waals surface area contributed by atoms with Gasteiger partial charge in [0, 0.05) is 54.8 Å². The molecule has 6 nitrogen and oxygen atoms in total. The van der Waals surface area contributed by atoms with Crippen LogP contribution in [0, 0.1) is 11.8 Å². The van der Waals surface area contributed by atoms with Gasteiger partial charge in [-0.2, -0.15) is 0 Å². The van der Waals surface area contributed by atoms with Gasteiger partial charge >= 0.3 is 0 Å². The Morgan fingerprint density at radius 1 is 1.19 bits per heavy atom. The van der Waals surface area contributed by atoms with Crippen LogP contribution in [-0.2, 0) is 14.3 Å². The number of rotatable bonds is 7. The van der Waals surface area contributed by atoms with Crippen molar-refractivity contribution in [1.82, 2.24) is 9.80 Å². The van der Waals surface area contributed by atoms with Gasteiger partial charge in [-0.1, -0.05) is 42.8 Å². The van der Waals surface area contributed by atoms with Crippen LogP contribution in [0.1, 0.15) is 45.1 Å². The lowest BCUT2D eigenvalue weighted by atomic mass is 9.88. The third-order valence-electron chi connectivity index (χ3n) is 6.20. The number of benzene rings is 1. The Balaban J connectivity index is 1.64. The van der Waals surface area contributed by atoms with Gasteiger partial charge in [-0.05, 0) is 36.5 Å². The number of nitrogens with zero attached hydrogens (tertiary/aromatic N) is 2. The Morgan fingerprint density at radius 3 is 2.65 bits per heavy atom. The van der Waals surface area contributed by atoms with Gasteiger partial charge in [0.1, 0.15) is 0 Å². The molecule has 0 spiro atoms. The van der Waals surface area contributed by atoms with Crippen LogP contribution >= 0.6 is 15.9 Å². The molecular weight excluding hydrogens is 458 g/mol. The maximum absolute atomic E-state index is 12.6. The number of carbonyl (C=O) groups excluding carboxylic acids is 2. The summed E-state index contributed by atoms with van der Waals surface area (Å²) in [7, 11) is 0. The summed E-state index contributed by atoms with van der Waals surface area (Å²) in [5.41, 5.74) is 2.60. The first-order valence-electron chi connectivity index (χ1n) is 11.3. The van der Waals surface area contributed by atoms with Crippen LogP contribution < -0.4 is 5.32 Å². The molecule has 0 bridgehead atoms. The van der Waals surface area contributed by atoms with E-state index >= 15 is 0 Å². The lowest BCUT2D eigenvalue weighted by molar-refractivity contribution is -0.136. The highest BCUT2D eigenvalue weighted by atomic mass is 79.9. The molecule has 0 radical (unpaired) electrons. The maximum atomic E-state index is 12.6. The Labute approximate surface area is 194 Å². The Morgan fingerprint density at radius 2 is 1.94 bits per heavy atom. The highest BCUT2D eigenvalue weighted by Gasteiger charge is 2.26. The third-order valence-corrected chi connectivity index (χ3v) is 6.69. The summed E-state index contributed by atoms with van der Waals surface area (Å²) < 4.78 is 6.23. The number of hydrogen-bond donors (Lipinski definition) is 1. The minimum atomic E-state index is -0.156. The van der Waals surface area contributed by atoms with E-state index in [0.717, 1.165) is 40.9 Å². The van der Waals surface area contributed by atoms with Crippen molar-refractivity contribution >= 4 is 39.1 Å². The fourth-order valence-electron chi connectivity index (χ4n) is 4.44. The first-order valence-corrected chi connectivity index (χ1v) is 12.1. The Hall–Kier alpha value is -1.86. The Kier molecular flexibility index (Phi) is 8.55. The monoisotopic (exact) mass is 491 g/mol. The molecule has 0 saturated carbocycles. The summed E-state index contributed by atoms with van der Waals surface area (Å²) in [6, 6.07) is 5.83. The fourth-order valence-corrected chi connectivity index (χ4v) is 4.80. The van der Waals surface area contributed by atoms with Crippen molar-refractivity contribution in [1.29, 1.82) is 0 Å². The van der Waals surface area contributed by atoms with Crippen LogP contribution in [-0.4, -0.2) is 61.0 Å². The second-order valence-electron chi connectivity index (χ2n) is 8.70. The molecule has 2 amide bonds. The van der Waals surface area contributed by atoms with E-state index in [9.17, 15) is 9.59 Å². The molecule has 2 aliphatic heterocycles. The number of ether oxygens (including phenoxy) is 1. The highest BCUT2D eigenvalue weighted by Crippen LogP contribution is 2.33. The van der Waals surface area contributed by atoms with E-state index in [0.29, 0.717) is 38.1 Å². The molecule has 2 fully saturated rings. The van der Waals surface area contributed by atoms with Crippen molar-refractivity contribution in [2.75, 3.05) is 44.7 Å². The van der Waals surface area contributed by atoms with E-state index in [1.165, 1.54) is 6.42 Å². The number of amides is 2. The maximum Gasteiger partial charge on any atom is 0.224 e. The minimum Gasteiger partial charge on any atom is -0.378 e. The normalized spacial score (nSPS) is 21.6. The van der Waals surface area contributed by atoms with Crippen molar-refractivity contribution in [2.45, 2.75) is 39.5 Å². The van der Waals surface area contributed by atoms with Crippen molar-refractivity contribution in [3.63, 3.8) is 0 Å². The first kappa shape index (κ1) is 23.8. The molecular formula is C24H34BrN3O3. The molecule has 170 valence electrons. The van der Waals surface area contributed by atoms with Gasteiger partial charge < -0.3 is 19.9 Å². The molecule has 31 heavy (non-hydrogen) atoms. The zero-order chi connectivity index (χ0) is 22.4. The van der Waals surface area contributed by atoms with Gasteiger partial charge in [0.15, 0.2) is 0 Å². The predicted octanol–water partition coefficient (Wildman–Crippen LogP) is 4.37. The van der Waals surface area contributed by atoms with Crippen LogP contribution in [0.5, 0.6) is 0 Å². The number of nitrogens with one attached hydrogen (secondary N) is 1. The van der Waals surface area contributed by atoms with Crippen LogP contribution in [0.4, 0.5) is 5.69 Å². The summed E-state index contributed by atoms with van der Waals surface area (Å²) >= 11 is 3.55. The first-order chi connectivity index (χ1) is 14.9. The highest BCUT2D eigenvalue weighted by molar-refractivity contribution is 9.10. The summed E-state index contributed by atoms with van der Waals surface area (Å²) in [6.45, 7) is 13.2. The smallest absolute Gasteiger partial charge is 0.224 e. The Bertz CT molecular complexity index is 807. The van der Waals surface area contributed by atoms with Gasteiger partial charge in [0.25, 0.3) is 0 Å². The van der Waals surface area contributed by atoms with Gasteiger partial charge in [-0.15, -0.1) is 0 Å². The van der Waals surface area contributed by atoms with E-state index in [1.807, 2.05) is 18.2 Å². The third kappa shape index (κ3) is 6.56. The van der Waals surface area contributed by atoms with E-state index in [4.69, 9.17) is 4.74 Å². The van der Waals surface area contributed by atoms with Crippen molar-refractivity contribution in [3.05, 3.63) is 34.8 Å². The van der Waals surface area contributed by atoms with E-state index < -0.39 is 0 Å². The predicted molar refractivity (Wildman–Crippen MR) is 128 cm³/mol. The minimum absolute atomic E-state index is 0.00630. The molecule has 7 heteroatoms. The lowest BCUT2D eigenvalue weighted by Crippen LogP contribution is -2.40. The van der Waals surface area contributed by atoms with Crippen LogP contribution in [0.25, 0.3) is 5.70 Å². The number of halogens is 1. The molecule has 1 aromatic carbocycles. The van der Waals surface area contributed by atoms with E-state index in [1.54, 1.807) is 4.90 Å². The zero-order valence-electron chi connectivity index (χ0n) is 18.7. The quantitative estimate of drug-likeness (QED) is 0.615. The zero-order valence-corrected chi connectivity index (χ0v) is 20.2. The molecule has 1 N–H and O–H groups in total. The molecule has 2 saturated heterocycles. The summed E-state index contributed by atoms with van der Waals surface area (Å²) in [5.74, 6) is 1.13. The lowest BCUT2D eigenvalue weighted by Gasteiger charge is -2.39. The standard InChI is InChI=1S/C24H34BrN3O3/c1-4-19-13-17(2)15-28(16-19)18(3)21-14-20(25)5-6-22(21)26-23(29)7-8-24(30)27-9-11-31-12-10-27/h5-6,14,17,19H,3-4,7-13,15-16H2,1-2H3,(H,26,29). The molecule has 0 aliphatic carbocycles. The van der Waals surface area contributed by atoms with Gasteiger partial charge in [-0.3, -0.25) is 9.59 Å². The largest absolute Gasteiger partial charge is 0.378 e. The average molecular weight is 492 g/mol. The van der Waals surface area contributed by atoms with Crippen LogP contribution in [0.2, 0.25) is 0 Å². The average Bonchev–Trinajstić information content (AvgIpc) is 2.78. The number of hydrogen-bond acceptors (Lipinski definition) is 4. The van der Waals surface area contributed by atoms with Crippen molar-refractivity contribution in [3.8, 4) is 0 Å². The van der Waals surface area contributed by atoms with E-state index in [-0.39, 0.29) is 24.7 Å². The number of morpholine rings is 1. The van der Waals surface area contributed by atoms with E-state index in [2.05, 4.69) is 46.6 Å². The summed E-state index contributed by atoms with van der Waals surface area (Å²) in [4.78, 5) is 29.1. The van der Waals surface area contributed by atoms with Crippen molar-refractivity contribution < 1.29 is 14.3 Å².